The summed E-state index contributed by atoms with van der Waals surface area (Å²) in [5, 5.41) is 12.5. The van der Waals surface area contributed by atoms with Crippen LogP contribution in [0.2, 0.25) is 0 Å². The van der Waals surface area contributed by atoms with Gasteiger partial charge in [0, 0.05) is 18.6 Å². The second-order valence-corrected chi connectivity index (χ2v) is 4.06. The standard InChI is InChI=1S/C10H22N2O/c1-3-9(8-13)11-10-5-4-6-12(2)7-10/h9-11,13H,3-8H2,1-2H3/t9-,10?/m0/s1. The van der Waals surface area contributed by atoms with E-state index in [1.807, 2.05) is 0 Å². The Labute approximate surface area is 81.1 Å². The zero-order valence-corrected chi connectivity index (χ0v) is 8.79. The van der Waals surface area contributed by atoms with Crippen LogP contribution < -0.4 is 5.32 Å². The Morgan fingerprint density at radius 1 is 1.62 bits per heavy atom. The van der Waals surface area contributed by atoms with Crippen molar-refractivity contribution < 1.29 is 5.11 Å². The fourth-order valence-corrected chi connectivity index (χ4v) is 1.94. The summed E-state index contributed by atoms with van der Waals surface area (Å²) in [5.41, 5.74) is 0. The summed E-state index contributed by atoms with van der Waals surface area (Å²) in [5.74, 6) is 0. The zero-order valence-electron chi connectivity index (χ0n) is 8.79. The number of hydrogen-bond acceptors (Lipinski definition) is 3. The van der Waals surface area contributed by atoms with Crippen molar-refractivity contribution in [3.05, 3.63) is 0 Å². The van der Waals surface area contributed by atoms with Crippen molar-refractivity contribution in [2.75, 3.05) is 26.7 Å². The normalized spacial score (nSPS) is 27.5. The molecule has 78 valence electrons. The first-order valence-electron chi connectivity index (χ1n) is 5.31. The summed E-state index contributed by atoms with van der Waals surface area (Å²) < 4.78 is 0. The van der Waals surface area contributed by atoms with Gasteiger partial charge in [-0.1, -0.05) is 6.92 Å². The number of aliphatic hydroxyl groups excluding tert-OH is 1. The molecule has 1 fully saturated rings. The summed E-state index contributed by atoms with van der Waals surface area (Å²) >= 11 is 0. The van der Waals surface area contributed by atoms with Crippen molar-refractivity contribution in [1.29, 1.82) is 0 Å². The Morgan fingerprint density at radius 3 is 2.92 bits per heavy atom. The second kappa shape index (κ2) is 5.58. The van der Waals surface area contributed by atoms with Crippen LogP contribution >= 0.6 is 0 Å². The van der Waals surface area contributed by atoms with E-state index in [-0.39, 0.29) is 12.6 Å². The van der Waals surface area contributed by atoms with Gasteiger partial charge in [-0.15, -0.1) is 0 Å². The Hall–Kier alpha value is -0.120. The van der Waals surface area contributed by atoms with Gasteiger partial charge in [0.2, 0.25) is 0 Å². The molecule has 0 radical (unpaired) electrons. The molecule has 1 aliphatic heterocycles. The predicted octanol–water partition coefficient (Wildman–Crippen LogP) is 0.441. The molecule has 0 aromatic carbocycles. The predicted molar refractivity (Wildman–Crippen MR) is 54.8 cm³/mol. The average molecular weight is 186 g/mol. The van der Waals surface area contributed by atoms with Crippen molar-refractivity contribution >= 4 is 0 Å². The average Bonchev–Trinajstić information content (AvgIpc) is 2.14. The lowest BCUT2D eigenvalue weighted by Gasteiger charge is -2.32. The highest BCUT2D eigenvalue weighted by Gasteiger charge is 2.18. The molecule has 0 bridgehead atoms. The molecule has 3 nitrogen and oxygen atoms in total. The van der Waals surface area contributed by atoms with Crippen LogP contribution in [0.4, 0.5) is 0 Å². The van der Waals surface area contributed by atoms with E-state index in [1.54, 1.807) is 0 Å². The van der Waals surface area contributed by atoms with Crippen LogP contribution in [0, 0.1) is 0 Å². The molecule has 1 unspecified atom stereocenters. The molecule has 0 saturated carbocycles. The van der Waals surface area contributed by atoms with Crippen molar-refractivity contribution in [3.8, 4) is 0 Å². The molecule has 1 aliphatic rings. The van der Waals surface area contributed by atoms with Gasteiger partial charge in [0.1, 0.15) is 0 Å². The van der Waals surface area contributed by atoms with Gasteiger partial charge in [-0.05, 0) is 32.9 Å². The van der Waals surface area contributed by atoms with Crippen LogP contribution in [0.1, 0.15) is 26.2 Å². The summed E-state index contributed by atoms with van der Waals surface area (Å²) in [6, 6.07) is 0.868. The van der Waals surface area contributed by atoms with Crippen LogP contribution in [-0.2, 0) is 0 Å². The molecule has 1 saturated heterocycles. The molecule has 0 aliphatic carbocycles. The summed E-state index contributed by atoms with van der Waals surface area (Å²) in [7, 11) is 2.16. The van der Waals surface area contributed by atoms with Crippen LogP contribution in [0.3, 0.4) is 0 Å². The van der Waals surface area contributed by atoms with Gasteiger partial charge < -0.3 is 15.3 Å². The number of likely N-dealkylation sites (tertiary alicyclic amines) is 1. The van der Waals surface area contributed by atoms with E-state index in [2.05, 4.69) is 24.2 Å². The molecule has 3 heteroatoms. The van der Waals surface area contributed by atoms with E-state index in [4.69, 9.17) is 5.11 Å². The number of nitrogens with zero attached hydrogens (tertiary/aromatic N) is 1. The molecule has 0 aromatic heterocycles. The molecule has 0 spiro atoms. The van der Waals surface area contributed by atoms with E-state index in [0.717, 1.165) is 13.0 Å². The van der Waals surface area contributed by atoms with Crippen LogP contribution in [0.25, 0.3) is 0 Å². The highest BCUT2D eigenvalue weighted by atomic mass is 16.3. The molecule has 1 rings (SSSR count). The molecule has 2 N–H and O–H groups in total. The van der Waals surface area contributed by atoms with E-state index >= 15 is 0 Å². The highest BCUT2D eigenvalue weighted by molar-refractivity contribution is 4.79. The minimum atomic E-state index is 0.261. The fourth-order valence-electron chi connectivity index (χ4n) is 1.94. The molecular formula is C10H22N2O. The van der Waals surface area contributed by atoms with E-state index in [0.29, 0.717) is 6.04 Å². The van der Waals surface area contributed by atoms with E-state index in [9.17, 15) is 0 Å². The Balaban J connectivity index is 2.26. The number of nitrogens with one attached hydrogen (secondary N) is 1. The highest BCUT2D eigenvalue weighted by Crippen LogP contribution is 2.09. The topological polar surface area (TPSA) is 35.5 Å². The van der Waals surface area contributed by atoms with Gasteiger partial charge in [0.05, 0.1) is 6.61 Å². The van der Waals surface area contributed by atoms with Gasteiger partial charge in [0.25, 0.3) is 0 Å². The Bertz CT molecular complexity index is 137. The lowest BCUT2D eigenvalue weighted by atomic mass is 10.0. The lowest BCUT2D eigenvalue weighted by Crippen LogP contribution is -2.48. The smallest absolute Gasteiger partial charge is 0.0584 e. The molecule has 0 amide bonds. The molecule has 13 heavy (non-hydrogen) atoms. The molecule has 2 atom stereocenters. The maximum atomic E-state index is 9.05. The number of hydrogen-bond donors (Lipinski definition) is 2. The zero-order chi connectivity index (χ0) is 9.68. The largest absolute Gasteiger partial charge is 0.395 e. The van der Waals surface area contributed by atoms with E-state index < -0.39 is 0 Å². The number of rotatable bonds is 4. The molecule has 1 heterocycles. The quantitative estimate of drug-likeness (QED) is 0.669. The van der Waals surface area contributed by atoms with Gasteiger partial charge in [-0.25, -0.2) is 0 Å². The SMILES string of the molecule is CC[C@@H](CO)NC1CCCN(C)C1. The van der Waals surface area contributed by atoms with Crippen molar-refractivity contribution in [3.63, 3.8) is 0 Å². The third kappa shape index (κ3) is 3.63. The molecular weight excluding hydrogens is 164 g/mol. The first-order chi connectivity index (χ1) is 6.26. The summed E-state index contributed by atoms with van der Waals surface area (Å²) in [6.45, 7) is 4.71. The van der Waals surface area contributed by atoms with Crippen LogP contribution in [0.5, 0.6) is 0 Å². The minimum Gasteiger partial charge on any atom is -0.395 e. The molecule has 0 aromatic rings. The Morgan fingerprint density at radius 2 is 2.38 bits per heavy atom. The van der Waals surface area contributed by atoms with Crippen molar-refractivity contribution in [2.45, 2.75) is 38.3 Å². The summed E-state index contributed by atoms with van der Waals surface area (Å²) in [6.07, 6.45) is 3.54. The van der Waals surface area contributed by atoms with Crippen molar-refractivity contribution in [2.24, 2.45) is 0 Å². The van der Waals surface area contributed by atoms with E-state index in [1.165, 1.54) is 19.4 Å². The second-order valence-electron chi connectivity index (χ2n) is 4.06. The third-order valence-electron chi connectivity index (χ3n) is 2.81. The minimum absolute atomic E-state index is 0.261. The monoisotopic (exact) mass is 186 g/mol. The van der Waals surface area contributed by atoms with Crippen LogP contribution in [0.15, 0.2) is 0 Å². The maximum Gasteiger partial charge on any atom is 0.0584 e. The lowest BCUT2D eigenvalue weighted by molar-refractivity contribution is 0.181. The van der Waals surface area contributed by atoms with Gasteiger partial charge in [-0.3, -0.25) is 0 Å². The number of aliphatic hydroxyl groups is 1. The fraction of sp³-hybridized carbons (Fsp3) is 1.00. The third-order valence-corrected chi connectivity index (χ3v) is 2.81. The summed E-state index contributed by atoms with van der Waals surface area (Å²) in [4.78, 5) is 2.35. The van der Waals surface area contributed by atoms with Crippen molar-refractivity contribution in [1.82, 2.24) is 10.2 Å². The van der Waals surface area contributed by atoms with Gasteiger partial charge in [-0.2, -0.15) is 0 Å². The maximum absolute atomic E-state index is 9.05. The number of piperidine rings is 1. The Kier molecular flexibility index (Phi) is 4.70. The van der Waals surface area contributed by atoms with Gasteiger partial charge >= 0.3 is 0 Å². The number of likely N-dealkylation sites (N-methyl/N-ethyl adjacent to an activating group) is 1. The first-order valence-corrected chi connectivity index (χ1v) is 5.31. The first kappa shape index (κ1) is 11.0. The van der Waals surface area contributed by atoms with Gasteiger partial charge in [0.15, 0.2) is 0 Å². The van der Waals surface area contributed by atoms with Crippen LogP contribution in [-0.4, -0.2) is 48.8 Å².